The van der Waals surface area contributed by atoms with Gasteiger partial charge in [-0.05, 0) is 17.0 Å². The van der Waals surface area contributed by atoms with Crippen molar-refractivity contribution in [1.29, 1.82) is 0 Å². The highest BCUT2D eigenvalue weighted by atomic mass is 16.5. The summed E-state index contributed by atoms with van der Waals surface area (Å²) in [6.45, 7) is 3.73. The number of hydroxylamine groups is 1. The second-order valence-corrected chi connectivity index (χ2v) is 6.69. The monoisotopic (exact) mass is 370 g/mol. The molecule has 0 saturated heterocycles. The molecule has 0 aliphatic rings. The first-order valence-electron chi connectivity index (χ1n) is 8.95. The molecule has 0 spiro atoms. The number of esters is 1. The first kappa shape index (κ1) is 20.6. The Morgan fingerprint density at radius 1 is 0.963 bits per heavy atom. The van der Waals surface area contributed by atoms with E-state index in [2.05, 4.69) is 5.32 Å². The molecule has 2 aromatic rings. The van der Waals surface area contributed by atoms with Crippen molar-refractivity contribution in [3.63, 3.8) is 0 Å². The topological polar surface area (TPSA) is 87.7 Å². The van der Waals surface area contributed by atoms with Gasteiger partial charge in [0.1, 0.15) is 18.7 Å². The Hall–Kier alpha value is -2.70. The summed E-state index contributed by atoms with van der Waals surface area (Å²) in [6, 6.07) is 17.1. The molecular formula is C21H26N2O4. The van der Waals surface area contributed by atoms with E-state index in [1.807, 2.05) is 66.1 Å². The number of amides is 1. The highest BCUT2D eigenvalue weighted by Gasteiger charge is 2.28. The third-order valence-corrected chi connectivity index (χ3v) is 4.20. The van der Waals surface area contributed by atoms with Crippen LogP contribution in [0.3, 0.4) is 0 Å². The van der Waals surface area contributed by atoms with Crippen molar-refractivity contribution in [1.82, 2.24) is 10.8 Å². The first-order valence-corrected chi connectivity index (χ1v) is 8.95. The molecule has 2 aromatic carbocycles. The van der Waals surface area contributed by atoms with Gasteiger partial charge in [0.15, 0.2) is 0 Å². The standard InChI is InChI=1S/C21H26N2O4/c1-15(2)19(23-26)20(24)22-18(13-16-9-5-3-6-10-16)21(25)27-14-17-11-7-4-8-12-17/h3-12,15,18-19,23,26H,13-14H2,1-2H3,(H,22,24)/t18-,19+/m0/s1. The smallest absolute Gasteiger partial charge is 0.329 e. The lowest BCUT2D eigenvalue weighted by Crippen LogP contribution is -2.52. The molecule has 27 heavy (non-hydrogen) atoms. The van der Waals surface area contributed by atoms with Crippen LogP contribution in [0.5, 0.6) is 0 Å². The van der Waals surface area contributed by atoms with Crippen LogP contribution in [0.2, 0.25) is 0 Å². The van der Waals surface area contributed by atoms with Gasteiger partial charge in [0.05, 0.1) is 0 Å². The molecule has 6 nitrogen and oxygen atoms in total. The summed E-state index contributed by atoms with van der Waals surface area (Å²) >= 11 is 0. The summed E-state index contributed by atoms with van der Waals surface area (Å²) in [5, 5.41) is 11.9. The quantitative estimate of drug-likeness (QED) is 0.466. The minimum Gasteiger partial charge on any atom is -0.459 e. The van der Waals surface area contributed by atoms with E-state index >= 15 is 0 Å². The first-order chi connectivity index (χ1) is 13.0. The fourth-order valence-electron chi connectivity index (χ4n) is 2.64. The summed E-state index contributed by atoms with van der Waals surface area (Å²) < 4.78 is 5.40. The predicted molar refractivity (Wildman–Crippen MR) is 102 cm³/mol. The average Bonchev–Trinajstić information content (AvgIpc) is 2.67. The molecule has 0 heterocycles. The molecule has 0 fully saturated rings. The second kappa shape index (κ2) is 10.4. The molecule has 0 saturated carbocycles. The highest BCUT2D eigenvalue weighted by molar-refractivity contribution is 5.87. The van der Waals surface area contributed by atoms with Crippen LogP contribution < -0.4 is 10.8 Å². The Morgan fingerprint density at radius 2 is 1.52 bits per heavy atom. The van der Waals surface area contributed by atoms with Crippen molar-refractivity contribution in [2.75, 3.05) is 0 Å². The Balaban J connectivity index is 2.08. The van der Waals surface area contributed by atoms with Crippen molar-refractivity contribution in [2.24, 2.45) is 5.92 Å². The van der Waals surface area contributed by atoms with Gasteiger partial charge in [0.25, 0.3) is 0 Å². The Labute approximate surface area is 159 Å². The van der Waals surface area contributed by atoms with Gasteiger partial charge in [-0.25, -0.2) is 4.79 Å². The maximum Gasteiger partial charge on any atom is 0.329 e. The lowest BCUT2D eigenvalue weighted by molar-refractivity contribution is -0.149. The van der Waals surface area contributed by atoms with Gasteiger partial charge in [-0.15, -0.1) is 0 Å². The Bertz CT molecular complexity index is 719. The van der Waals surface area contributed by atoms with Gasteiger partial charge in [-0.2, -0.15) is 5.48 Å². The number of hydrogen-bond donors (Lipinski definition) is 3. The van der Waals surface area contributed by atoms with E-state index in [-0.39, 0.29) is 12.5 Å². The number of carbonyl (C=O) groups excluding carboxylic acids is 2. The number of nitrogens with one attached hydrogen (secondary N) is 2. The molecule has 3 N–H and O–H groups in total. The van der Waals surface area contributed by atoms with Gasteiger partial charge in [-0.1, -0.05) is 74.5 Å². The Morgan fingerprint density at radius 3 is 2.04 bits per heavy atom. The predicted octanol–water partition coefficient (Wildman–Crippen LogP) is 2.46. The van der Waals surface area contributed by atoms with Gasteiger partial charge in [0.2, 0.25) is 5.91 Å². The molecule has 2 atom stereocenters. The zero-order chi connectivity index (χ0) is 19.6. The van der Waals surface area contributed by atoms with Gasteiger partial charge in [-0.3, -0.25) is 4.79 Å². The summed E-state index contributed by atoms with van der Waals surface area (Å²) in [5.41, 5.74) is 3.77. The fourth-order valence-corrected chi connectivity index (χ4v) is 2.64. The van der Waals surface area contributed by atoms with Crippen LogP contribution in [-0.2, 0) is 27.4 Å². The molecule has 0 aromatic heterocycles. The molecular weight excluding hydrogens is 344 g/mol. The molecule has 1 amide bonds. The van der Waals surface area contributed by atoms with Crippen LogP contribution in [0.15, 0.2) is 60.7 Å². The number of carbonyl (C=O) groups is 2. The molecule has 0 aliphatic heterocycles. The van der Waals surface area contributed by atoms with Crippen molar-refractivity contribution in [3.05, 3.63) is 71.8 Å². The highest BCUT2D eigenvalue weighted by Crippen LogP contribution is 2.09. The maximum atomic E-state index is 12.6. The largest absolute Gasteiger partial charge is 0.459 e. The maximum absolute atomic E-state index is 12.6. The van der Waals surface area contributed by atoms with Crippen LogP contribution in [0.4, 0.5) is 0 Å². The average molecular weight is 370 g/mol. The zero-order valence-corrected chi connectivity index (χ0v) is 15.6. The molecule has 0 bridgehead atoms. The van der Waals surface area contributed by atoms with Crippen LogP contribution in [-0.4, -0.2) is 29.2 Å². The van der Waals surface area contributed by atoms with Crippen molar-refractivity contribution >= 4 is 11.9 Å². The molecule has 6 heteroatoms. The van der Waals surface area contributed by atoms with Crippen molar-refractivity contribution < 1.29 is 19.5 Å². The Kier molecular flexibility index (Phi) is 7.98. The molecule has 144 valence electrons. The van der Waals surface area contributed by atoms with E-state index in [0.29, 0.717) is 6.42 Å². The van der Waals surface area contributed by atoms with Crippen LogP contribution in [0, 0.1) is 5.92 Å². The number of hydrogen-bond acceptors (Lipinski definition) is 5. The summed E-state index contributed by atoms with van der Waals surface area (Å²) in [5.74, 6) is -1.12. The van der Waals surface area contributed by atoms with Gasteiger partial charge < -0.3 is 15.3 Å². The lowest BCUT2D eigenvalue weighted by atomic mass is 10.0. The number of rotatable bonds is 9. The van der Waals surface area contributed by atoms with E-state index in [0.717, 1.165) is 11.1 Å². The molecule has 2 rings (SSSR count). The van der Waals surface area contributed by atoms with Crippen molar-refractivity contribution in [2.45, 2.75) is 39.0 Å². The minimum atomic E-state index is -0.849. The molecule has 0 aliphatic carbocycles. The SMILES string of the molecule is CC(C)[C@@H](NO)C(=O)N[C@@H](Cc1ccccc1)C(=O)OCc1ccccc1. The van der Waals surface area contributed by atoms with E-state index in [1.165, 1.54) is 0 Å². The van der Waals surface area contributed by atoms with Crippen molar-refractivity contribution in [3.8, 4) is 0 Å². The minimum absolute atomic E-state index is 0.132. The molecule has 0 unspecified atom stereocenters. The summed E-state index contributed by atoms with van der Waals surface area (Å²) in [6.07, 6.45) is 0.302. The third kappa shape index (κ3) is 6.51. The normalized spacial score (nSPS) is 13.0. The van der Waals surface area contributed by atoms with E-state index in [1.54, 1.807) is 13.8 Å². The second-order valence-electron chi connectivity index (χ2n) is 6.69. The third-order valence-electron chi connectivity index (χ3n) is 4.20. The van der Waals surface area contributed by atoms with E-state index in [4.69, 9.17) is 4.74 Å². The number of ether oxygens (including phenoxy) is 1. The van der Waals surface area contributed by atoms with Crippen LogP contribution in [0.1, 0.15) is 25.0 Å². The van der Waals surface area contributed by atoms with Gasteiger partial charge in [0, 0.05) is 6.42 Å². The lowest BCUT2D eigenvalue weighted by Gasteiger charge is -2.23. The summed E-state index contributed by atoms with van der Waals surface area (Å²) in [4.78, 5) is 25.1. The van der Waals surface area contributed by atoms with Crippen LogP contribution in [0.25, 0.3) is 0 Å². The van der Waals surface area contributed by atoms with Crippen LogP contribution >= 0.6 is 0 Å². The summed E-state index contributed by atoms with van der Waals surface area (Å²) in [7, 11) is 0. The van der Waals surface area contributed by atoms with E-state index in [9.17, 15) is 14.8 Å². The van der Waals surface area contributed by atoms with E-state index < -0.39 is 24.0 Å². The molecule has 0 radical (unpaired) electrons. The zero-order valence-electron chi connectivity index (χ0n) is 15.6. The number of benzene rings is 2. The van der Waals surface area contributed by atoms with Gasteiger partial charge >= 0.3 is 5.97 Å². The fraction of sp³-hybridized carbons (Fsp3) is 0.333.